The van der Waals surface area contributed by atoms with Crippen LogP contribution in [0.3, 0.4) is 0 Å². The molecule has 228 valence electrons. The van der Waals surface area contributed by atoms with E-state index in [0.29, 0.717) is 31.0 Å². The molecule has 4 aromatic rings. The van der Waals surface area contributed by atoms with Crippen molar-refractivity contribution in [3.05, 3.63) is 95.8 Å². The second-order valence-electron chi connectivity index (χ2n) is 11.2. The van der Waals surface area contributed by atoms with E-state index in [2.05, 4.69) is 48.6 Å². The molecule has 1 aromatic carbocycles. The third-order valence-corrected chi connectivity index (χ3v) is 7.93. The van der Waals surface area contributed by atoms with Crippen molar-refractivity contribution in [2.75, 3.05) is 23.7 Å². The molecule has 2 atom stereocenters. The van der Waals surface area contributed by atoms with Crippen molar-refractivity contribution in [2.24, 2.45) is 0 Å². The number of hydrogen-bond acceptors (Lipinski definition) is 8. The number of aromatic nitrogens is 3. The number of amides is 1. The summed E-state index contributed by atoms with van der Waals surface area (Å²) in [5, 5.41) is 6.36. The molecule has 2 aliphatic heterocycles. The lowest BCUT2D eigenvalue weighted by Gasteiger charge is -2.34. The summed E-state index contributed by atoms with van der Waals surface area (Å²) in [5.74, 6) is 1.29. The Kier molecular flexibility index (Phi) is 8.45. The Labute approximate surface area is 253 Å². The third kappa shape index (κ3) is 6.98. The van der Waals surface area contributed by atoms with Gasteiger partial charge in [0.1, 0.15) is 23.5 Å². The van der Waals surface area contributed by atoms with Crippen molar-refractivity contribution in [3.8, 4) is 11.3 Å². The lowest BCUT2D eigenvalue weighted by molar-refractivity contribution is -0.137. The van der Waals surface area contributed by atoms with Gasteiger partial charge in [0.2, 0.25) is 5.91 Å². The van der Waals surface area contributed by atoms with E-state index in [1.165, 1.54) is 5.56 Å². The van der Waals surface area contributed by atoms with Crippen LogP contribution in [0.4, 0.5) is 30.6 Å². The quantitative estimate of drug-likeness (QED) is 0.216. The summed E-state index contributed by atoms with van der Waals surface area (Å²) in [7, 11) is 0. The molecule has 9 nitrogen and oxygen atoms in total. The van der Waals surface area contributed by atoms with Gasteiger partial charge in [-0.25, -0.2) is 25.8 Å². The molecule has 0 radical (unpaired) electrons. The number of likely N-dealkylation sites (tertiary alicyclic amines) is 1. The van der Waals surface area contributed by atoms with Crippen molar-refractivity contribution >= 4 is 23.4 Å². The number of pyridine rings is 3. The van der Waals surface area contributed by atoms with Gasteiger partial charge < -0.3 is 15.5 Å². The molecule has 4 N–H and O–H groups in total. The molecule has 1 amide bonds. The number of hydrogen-bond donors (Lipinski definition) is 4. The SMILES string of the molecule is Cc1cc(Nc2cc(C(F)(F)F)ccn2)nc(-c2ccc(NC3CCN(C(=O)C4CC(c5ccccc5)NN4)CC3)nc2)c1. The molecule has 0 saturated carbocycles. The van der Waals surface area contributed by atoms with Gasteiger partial charge in [0, 0.05) is 43.1 Å². The zero-order valence-corrected chi connectivity index (χ0v) is 24.1. The minimum absolute atomic E-state index is 0.0573. The van der Waals surface area contributed by atoms with Crippen LogP contribution in [0.1, 0.15) is 42.0 Å². The first-order valence-electron chi connectivity index (χ1n) is 14.6. The summed E-state index contributed by atoms with van der Waals surface area (Å²) in [4.78, 5) is 28.2. The van der Waals surface area contributed by atoms with Crippen molar-refractivity contribution in [3.63, 3.8) is 0 Å². The van der Waals surface area contributed by atoms with Gasteiger partial charge in [0.15, 0.2) is 0 Å². The summed E-state index contributed by atoms with van der Waals surface area (Å²) in [6.07, 6.45) is 0.720. The predicted octanol–water partition coefficient (Wildman–Crippen LogP) is 5.62. The van der Waals surface area contributed by atoms with E-state index in [1.807, 2.05) is 48.2 Å². The highest BCUT2D eigenvalue weighted by Crippen LogP contribution is 2.31. The Balaban J connectivity index is 1.02. The molecule has 0 spiro atoms. The first-order valence-corrected chi connectivity index (χ1v) is 14.6. The van der Waals surface area contributed by atoms with Crippen LogP contribution < -0.4 is 21.5 Å². The molecule has 6 rings (SSSR count). The van der Waals surface area contributed by atoms with Crippen LogP contribution in [0.15, 0.2) is 79.1 Å². The molecule has 2 saturated heterocycles. The smallest absolute Gasteiger partial charge is 0.367 e. The molecule has 2 fully saturated rings. The maximum Gasteiger partial charge on any atom is 0.416 e. The number of hydrazine groups is 1. The standard InChI is InChI=1S/C32H33F3N8O/c1-20-15-25(39-30(16-20)40-29-17-23(9-12-36-29)32(33,34)35)22-7-8-28(37-19-22)38-24-10-13-43(14-11-24)31(44)27-18-26(41-42-27)21-5-3-2-4-6-21/h2-9,12,15-17,19,24,26-27,41-42H,10-11,13-14,18H2,1H3,(H,37,38)(H,36,39,40). The van der Waals surface area contributed by atoms with Crippen LogP contribution in [-0.4, -0.2) is 50.9 Å². The minimum Gasteiger partial charge on any atom is -0.367 e. The van der Waals surface area contributed by atoms with Gasteiger partial charge in [0.25, 0.3) is 0 Å². The number of aryl methyl sites for hydroxylation is 1. The van der Waals surface area contributed by atoms with Crippen LogP contribution in [-0.2, 0) is 11.0 Å². The number of carbonyl (C=O) groups excluding carboxylic acids is 1. The molecular formula is C32H33F3N8O. The number of rotatable bonds is 7. The van der Waals surface area contributed by atoms with E-state index in [1.54, 1.807) is 12.3 Å². The summed E-state index contributed by atoms with van der Waals surface area (Å²) >= 11 is 0. The van der Waals surface area contributed by atoms with E-state index in [0.717, 1.165) is 48.1 Å². The van der Waals surface area contributed by atoms with Crippen molar-refractivity contribution in [1.82, 2.24) is 30.7 Å². The Morgan fingerprint density at radius 2 is 1.73 bits per heavy atom. The van der Waals surface area contributed by atoms with Gasteiger partial charge in [-0.15, -0.1) is 0 Å². The van der Waals surface area contributed by atoms with Gasteiger partial charge in [-0.2, -0.15) is 13.2 Å². The highest BCUT2D eigenvalue weighted by molar-refractivity contribution is 5.82. The topological polar surface area (TPSA) is 107 Å². The van der Waals surface area contributed by atoms with E-state index >= 15 is 0 Å². The molecule has 44 heavy (non-hydrogen) atoms. The lowest BCUT2D eigenvalue weighted by Crippen LogP contribution is -2.49. The lowest BCUT2D eigenvalue weighted by atomic mass is 10.00. The number of piperidine rings is 1. The Bertz CT molecular complexity index is 1590. The summed E-state index contributed by atoms with van der Waals surface area (Å²) in [6, 6.07) is 19.5. The van der Waals surface area contributed by atoms with Crippen LogP contribution in [0, 0.1) is 6.92 Å². The fourth-order valence-corrected chi connectivity index (χ4v) is 5.61. The van der Waals surface area contributed by atoms with Crippen molar-refractivity contribution in [2.45, 2.75) is 50.5 Å². The molecule has 2 unspecified atom stereocenters. The summed E-state index contributed by atoms with van der Waals surface area (Å²) in [5.41, 5.74) is 9.10. The first-order chi connectivity index (χ1) is 21.2. The monoisotopic (exact) mass is 602 g/mol. The number of nitrogens with one attached hydrogen (secondary N) is 4. The molecular weight excluding hydrogens is 569 g/mol. The fraction of sp³-hybridized carbons (Fsp3) is 0.312. The maximum absolute atomic E-state index is 13.2. The number of carbonyl (C=O) groups is 1. The third-order valence-electron chi connectivity index (χ3n) is 7.93. The van der Waals surface area contributed by atoms with Crippen molar-refractivity contribution < 1.29 is 18.0 Å². The maximum atomic E-state index is 13.2. The Morgan fingerprint density at radius 1 is 0.932 bits per heavy atom. The normalized spacial score (nSPS) is 19.1. The van der Waals surface area contributed by atoms with Gasteiger partial charge >= 0.3 is 6.18 Å². The second-order valence-corrected chi connectivity index (χ2v) is 11.2. The highest BCUT2D eigenvalue weighted by Gasteiger charge is 2.34. The van der Waals surface area contributed by atoms with Crippen LogP contribution in [0.2, 0.25) is 0 Å². The zero-order chi connectivity index (χ0) is 30.7. The van der Waals surface area contributed by atoms with Crippen molar-refractivity contribution in [1.29, 1.82) is 0 Å². The van der Waals surface area contributed by atoms with Crippen LogP contribution in [0.5, 0.6) is 0 Å². The molecule has 5 heterocycles. The Hall–Kier alpha value is -4.55. The predicted molar refractivity (Wildman–Crippen MR) is 162 cm³/mol. The minimum atomic E-state index is -4.46. The molecule has 2 aliphatic rings. The Morgan fingerprint density at radius 3 is 2.45 bits per heavy atom. The molecule has 0 bridgehead atoms. The second kappa shape index (κ2) is 12.6. The van der Waals surface area contributed by atoms with E-state index in [-0.39, 0.29) is 29.9 Å². The summed E-state index contributed by atoms with van der Waals surface area (Å²) in [6.45, 7) is 3.23. The van der Waals surface area contributed by atoms with Crippen LogP contribution >= 0.6 is 0 Å². The largest absolute Gasteiger partial charge is 0.416 e. The van der Waals surface area contributed by atoms with Gasteiger partial charge in [-0.3, -0.25) is 4.79 Å². The van der Waals surface area contributed by atoms with Crippen LogP contribution in [0.25, 0.3) is 11.3 Å². The van der Waals surface area contributed by atoms with E-state index in [9.17, 15) is 18.0 Å². The number of anilines is 3. The summed E-state index contributed by atoms with van der Waals surface area (Å²) < 4.78 is 39.3. The average molecular weight is 603 g/mol. The molecule has 12 heteroatoms. The average Bonchev–Trinajstić information content (AvgIpc) is 3.52. The number of benzene rings is 1. The zero-order valence-electron chi connectivity index (χ0n) is 24.1. The number of halogens is 3. The molecule has 0 aliphatic carbocycles. The fourth-order valence-electron chi connectivity index (χ4n) is 5.61. The molecule has 3 aromatic heterocycles. The van der Waals surface area contributed by atoms with E-state index < -0.39 is 11.7 Å². The highest BCUT2D eigenvalue weighted by atomic mass is 19.4. The van der Waals surface area contributed by atoms with Gasteiger partial charge in [-0.1, -0.05) is 30.3 Å². The number of alkyl halides is 3. The first kappa shape index (κ1) is 29.5. The number of nitrogens with zero attached hydrogens (tertiary/aromatic N) is 4. The van der Waals surface area contributed by atoms with E-state index in [4.69, 9.17) is 0 Å². The van der Waals surface area contributed by atoms with Gasteiger partial charge in [0.05, 0.1) is 11.3 Å². The van der Waals surface area contributed by atoms with Gasteiger partial charge in [-0.05, 0) is 73.7 Å².